The van der Waals surface area contributed by atoms with Crippen LogP contribution in [0.25, 0.3) is 17.0 Å². The Kier molecular flexibility index (Phi) is 4.44. The molecule has 124 valence electrons. The van der Waals surface area contributed by atoms with Gasteiger partial charge in [0.05, 0.1) is 5.69 Å². The fourth-order valence-electron chi connectivity index (χ4n) is 3.04. The van der Waals surface area contributed by atoms with Crippen molar-refractivity contribution in [2.75, 3.05) is 19.3 Å². The molecule has 0 saturated carbocycles. The first-order chi connectivity index (χ1) is 11.8. The van der Waals surface area contributed by atoms with E-state index in [1.54, 1.807) is 18.0 Å². The minimum atomic E-state index is 0.607. The van der Waals surface area contributed by atoms with Crippen LogP contribution in [0.2, 0.25) is 0 Å². The van der Waals surface area contributed by atoms with Gasteiger partial charge in [0.15, 0.2) is 5.65 Å². The third-order valence-electron chi connectivity index (χ3n) is 4.49. The molecule has 24 heavy (non-hydrogen) atoms. The van der Waals surface area contributed by atoms with Crippen molar-refractivity contribution in [1.82, 2.24) is 29.7 Å². The van der Waals surface area contributed by atoms with Gasteiger partial charge in [-0.15, -0.1) is 10.2 Å². The lowest BCUT2D eigenvalue weighted by atomic mass is 10.1. The van der Waals surface area contributed by atoms with E-state index in [1.165, 1.54) is 25.8 Å². The van der Waals surface area contributed by atoms with Crippen molar-refractivity contribution in [3.8, 4) is 11.4 Å². The lowest BCUT2D eigenvalue weighted by molar-refractivity contribution is 0.204. The number of aromatic nitrogens is 5. The summed E-state index contributed by atoms with van der Waals surface area (Å²) in [6.07, 6.45) is 5.66. The summed E-state index contributed by atoms with van der Waals surface area (Å²) < 4.78 is 1.83. The number of rotatable bonds is 4. The van der Waals surface area contributed by atoms with E-state index in [0.717, 1.165) is 27.9 Å². The van der Waals surface area contributed by atoms with Crippen LogP contribution in [-0.2, 0) is 0 Å². The molecule has 0 N–H and O–H groups in total. The van der Waals surface area contributed by atoms with Crippen molar-refractivity contribution in [3.63, 3.8) is 0 Å². The molecule has 1 aliphatic heterocycles. The quantitative estimate of drug-likeness (QED) is 0.681. The fourth-order valence-corrected chi connectivity index (χ4v) is 4.15. The lowest BCUT2D eigenvalue weighted by Gasteiger charge is -2.31. The van der Waals surface area contributed by atoms with Crippen LogP contribution in [0.15, 0.2) is 41.7 Å². The predicted molar refractivity (Wildman–Crippen MR) is 95.0 cm³/mol. The molecule has 1 aliphatic rings. The molecule has 1 atom stereocenters. The molecule has 0 spiro atoms. The number of likely N-dealkylation sites (tertiary alicyclic amines) is 1. The van der Waals surface area contributed by atoms with E-state index in [2.05, 4.69) is 32.2 Å². The summed E-state index contributed by atoms with van der Waals surface area (Å²) in [6, 6.07) is 10.3. The number of hydrogen-bond acceptors (Lipinski definition) is 6. The summed E-state index contributed by atoms with van der Waals surface area (Å²) in [5, 5.41) is 14.1. The number of thioether (sulfide) groups is 1. The largest absolute Gasteiger partial charge is 0.303 e. The highest BCUT2D eigenvalue weighted by Gasteiger charge is 2.20. The van der Waals surface area contributed by atoms with Gasteiger partial charge < -0.3 is 4.90 Å². The van der Waals surface area contributed by atoms with Gasteiger partial charge in [0.2, 0.25) is 5.16 Å². The summed E-state index contributed by atoms with van der Waals surface area (Å²) in [6.45, 7) is 1.19. The van der Waals surface area contributed by atoms with Crippen LogP contribution < -0.4 is 0 Å². The Morgan fingerprint density at radius 1 is 1.12 bits per heavy atom. The van der Waals surface area contributed by atoms with Crippen LogP contribution >= 0.6 is 11.8 Å². The zero-order chi connectivity index (χ0) is 16.4. The molecule has 0 aliphatic carbocycles. The van der Waals surface area contributed by atoms with E-state index in [-0.39, 0.29) is 0 Å². The minimum absolute atomic E-state index is 0.607. The van der Waals surface area contributed by atoms with Crippen LogP contribution in [0.1, 0.15) is 19.3 Å². The Morgan fingerprint density at radius 2 is 2.08 bits per heavy atom. The maximum atomic E-state index is 4.68. The molecule has 3 aromatic heterocycles. The van der Waals surface area contributed by atoms with Gasteiger partial charge in [0.25, 0.3) is 0 Å². The average Bonchev–Trinajstić information content (AvgIpc) is 3.04. The second-order valence-electron chi connectivity index (χ2n) is 6.13. The molecule has 0 bridgehead atoms. The van der Waals surface area contributed by atoms with Crippen LogP contribution in [0, 0.1) is 0 Å². The molecular formula is C17H20N6S. The number of pyridine rings is 1. The normalized spacial score (nSPS) is 19.0. The standard InChI is InChI=1S/C17H20N6S/c1-22-11-5-3-6-13(22)12-24-17-20-19-16-9-8-15(21-23(16)17)14-7-2-4-10-18-14/h2,4,7-10,13H,3,5-6,11-12H2,1H3/t13-/m0/s1. The van der Waals surface area contributed by atoms with Crippen molar-refractivity contribution >= 4 is 17.4 Å². The van der Waals surface area contributed by atoms with Gasteiger partial charge in [-0.25, -0.2) is 0 Å². The molecule has 4 heterocycles. The minimum Gasteiger partial charge on any atom is -0.303 e. The van der Waals surface area contributed by atoms with E-state index in [0.29, 0.717) is 6.04 Å². The Labute approximate surface area is 145 Å². The number of piperidine rings is 1. The van der Waals surface area contributed by atoms with E-state index in [1.807, 2.05) is 34.8 Å². The van der Waals surface area contributed by atoms with Crippen molar-refractivity contribution < 1.29 is 0 Å². The number of fused-ring (bicyclic) bond motifs is 1. The van der Waals surface area contributed by atoms with Gasteiger partial charge in [-0.3, -0.25) is 4.98 Å². The van der Waals surface area contributed by atoms with Crippen molar-refractivity contribution in [1.29, 1.82) is 0 Å². The van der Waals surface area contributed by atoms with Gasteiger partial charge in [0, 0.05) is 18.0 Å². The Morgan fingerprint density at radius 3 is 2.92 bits per heavy atom. The van der Waals surface area contributed by atoms with Crippen molar-refractivity contribution in [2.45, 2.75) is 30.5 Å². The number of hydrogen-bond donors (Lipinski definition) is 0. The number of nitrogens with zero attached hydrogens (tertiary/aromatic N) is 6. The van der Waals surface area contributed by atoms with E-state index >= 15 is 0 Å². The Balaban J connectivity index is 1.57. The molecule has 3 aromatic rings. The highest BCUT2D eigenvalue weighted by atomic mass is 32.2. The molecule has 6 nitrogen and oxygen atoms in total. The molecule has 7 heteroatoms. The summed E-state index contributed by atoms with van der Waals surface area (Å²) in [4.78, 5) is 6.82. The van der Waals surface area contributed by atoms with Crippen LogP contribution in [0.5, 0.6) is 0 Å². The molecule has 0 radical (unpaired) electrons. The summed E-state index contributed by atoms with van der Waals surface area (Å²) >= 11 is 1.74. The third kappa shape index (κ3) is 3.14. The molecule has 0 aromatic carbocycles. The van der Waals surface area contributed by atoms with Gasteiger partial charge in [-0.05, 0) is 50.7 Å². The van der Waals surface area contributed by atoms with Crippen LogP contribution in [0.3, 0.4) is 0 Å². The first kappa shape index (κ1) is 15.5. The Hall–Kier alpha value is -1.99. The van der Waals surface area contributed by atoms with Gasteiger partial charge in [-0.1, -0.05) is 24.2 Å². The monoisotopic (exact) mass is 340 g/mol. The first-order valence-electron chi connectivity index (χ1n) is 8.28. The molecular weight excluding hydrogens is 320 g/mol. The molecule has 4 rings (SSSR count). The molecule has 1 saturated heterocycles. The Bertz CT molecular complexity index is 818. The SMILES string of the molecule is CN1CCCC[C@H]1CSc1nnc2ccc(-c3ccccn3)nn12. The zero-order valence-corrected chi connectivity index (χ0v) is 14.5. The maximum Gasteiger partial charge on any atom is 0.212 e. The second kappa shape index (κ2) is 6.86. The van der Waals surface area contributed by atoms with E-state index in [9.17, 15) is 0 Å². The molecule has 1 fully saturated rings. The highest BCUT2D eigenvalue weighted by molar-refractivity contribution is 7.99. The van der Waals surface area contributed by atoms with E-state index < -0.39 is 0 Å². The van der Waals surface area contributed by atoms with Crippen LogP contribution in [-0.4, -0.2) is 55.1 Å². The van der Waals surface area contributed by atoms with Gasteiger partial charge in [-0.2, -0.15) is 9.61 Å². The fraction of sp³-hybridized carbons (Fsp3) is 0.412. The summed E-state index contributed by atoms with van der Waals surface area (Å²) in [5.41, 5.74) is 2.46. The summed E-state index contributed by atoms with van der Waals surface area (Å²) in [7, 11) is 2.21. The smallest absolute Gasteiger partial charge is 0.212 e. The van der Waals surface area contributed by atoms with E-state index in [4.69, 9.17) is 0 Å². The molecule has 0 unspecified atom stereocenters. The maximum absolute atomic E-state index is 4.68. The van der Waals surface area contributed by atoms with Gasteiger partial charge >= 0.3 is 0 Å². The first-order valence-corrected chi connectivity index (χ1v) is 9.27. The van der Waals surface area contributed by atoms with Crippen molar-refractivity contribution in [2.24, 2.45) is 0 Å². The van der Waals surface area contributed by atoms with Crippen LogP contribution in [0.4, 0.5) is 0 Å². The van der Waals surface area contributed by atoms with Gasteiger partial charge in [0.1, 0.15) is 5.69 Å². The van der Waals surface area contributed by atoms with Crippen molar-refractivity contribution in [3.05, 3.63) is 36.5 Å². The second-order valence-corrected chi connectivity index (χ2v) is 7.11. The molecule has 0 amide bonds. The average molecular weight is 340 g/mol. The topological polar surface area (TPSA) is 59.2 Å². The summed E-state index contributed by atoms with van der Waals surface area (Å²) in [5.74, 6) is 1.02. The highest BCUT2D eigenvalue weighted by Crippen LogP contribution is 2.24. The third-order valence-corrected chi connectivity index (χ3v) is 5.55. The predicted octanol–water partition coefficient (Wildman–Crippen LogP) is 2.76. The lowest BCUT2D eigenvalue weighted by Crippen LogP contribution is -2.37. The zero-order valence-electron chi connectivity index (χ0n) is 13.7.